The van der Waals surface area contributed by atoms with Crippen LogP contribution in [0.15, 0.2) is 42.5 Å². The standard InChI is InChI=1S/C25H34N6/c1-4-17(2)26-23-29-24(31-25(30-23)28-20-13-6-5-7-14-20)27-18(3)21-16-10-12-19-11-8-9-15-22(19)21/h8-12,15-18,20H,4-7,13-14H2,1-3H3,(H3,26,27,28,29,30,31)/t17-,18-/m1/s1. The maximum absolute atomic E-state index is 4.72. The van der Waals surface area contributed by atoms with Crippen molar-refractivity contribution in [3.05, 3.63) is 48.0 Å². The van der Waals surface area contributed by atoms with Gasteiger partial charge in [0.15, 0.2) is 0 Å². The predicted molar refractivity (Wildman–Crippen MR) is 130 cm³/mol. The Balaban J connectivity index is 1.59. The summed E-state index contributed by atoms with van der Waals surface area (Å²) in [5, 5.41) is 13.0. The van der Waals surface area contributed by atoms with Gasteiger partial charge in [-0.15, -0.1) is 0 Å². The maximum atomic E-state index is 4.72. The second-order valence-corrected chi connectivity index (χ2v) is 8.67. The van der Waals surface area contributed by atoms with Crippen molar-refractivity contribution in [1.82, 2.24) is 15.0 Å². The van der Waals surface area contributed by atoms with E-state index >= 15 is 0 Å². The van der Waals surface area contributed by atoms with Gasteiger partial charge in [0.25, 0.3) is 0 Å². The topological polar surface area (TPSA) is 74.8 Å². The molecule has 1 aliphatic carbocycles. The molecule has 0 spiro atoms. The highest BCUT2D eigenvalue weighted by molar-refractivity contribution is 5.86. The Hall–Kier alpha value is -2.89. The summed E-state index contributed by atoms with van der Waals surface area (Å²) in [5.74, 6) is 1.87. The van der Waals surface area contributed by atoms with Gasteiger partial charge in [0.05, 0.1) is 6.04 Å². The fourth-order valence-corrected chi connectivity index (χ4v) is 4.22. The average Bonchev–Trinajstić information content (AvgIpc) is 2.79. The van der Waals surface area contributed by atoms with Gasteiger partial charge in [-0.05, 0) is 49.4 Å². The summed E-state index contributed by atoms with van der Waals surface area (Å²) < 4.78 is 0. The minimum absolute atomic E-state index is 0.0625. The smallest absolute Gasteiger partial charge is 0.229 e. The minimum atomic E-state index is 0.0625. The number of hydrogen-bond donors (Lipinski definition) is 3. The summed E-state index contributed by atoms with van der Waals surface area (Å²) in [6.07, 6.45) is 7.22. The molecule has 0 unspecified atom stereocenters. The number of aromatic nitrogens is 3. The van der Waals surface area contributed by atoms with Crippen LogP contribution in [0.3, 0.4) is 0 Å². The van der Waals surface area contributed by atoms with Crippen LogP contribution in [0.1, 0.15) is 70.9 Å². The van der Waals surface area contributed by atoms with Crippen LogP contribution in [0.25, 0.3) is 10.8 Å². The summed E-state index contributed by atoms with van der Waals surface area (Å²) >= 11 is 0. The minimum Gasteiger partial charge on any atom is -0.352 e. The first-order valence-corrected chi connectivity index (χ1v) is 11.7. The van der Waals surface area contributed by atoms with E-state index in [1.54, 1.807) is 0 Å². The lowest BCUT2D eigenvalue weighted by Gasteiger charge is -2.23. The SMILES string of the molecule is CC[C@@H](C)Nc1nc(NC2CCCCC2)nc(N[C@H](C)c2cccc3ccccc23)n1. The first-order chi connectivity index (χ1) is 15.1. The number of nitrogens with zero attached hydrogens (tertiary/aromatic N) is 3. The van der Waals surface area contributed by atoms with Gasteiger partial charge in [-0.3, -0.25) is 0 Å². The van der Waals surface area contributed by atoms with Crippen LogP contribution in [0.5, 0.6) is 0 Å². The van der Waals surface area contributed by atoms with Gasteiger partial charge in [0.2, 0.25) is 17.8 Å². The van der Waals surface area contributed by atoms with Crippen LogP contribution < -0.4 is 16.0 Å². The van der Waals surface area contributed by atoms with E-state index in [2.05, 4.69) is 89.2 Å². The van der Waals surface area contributed by atoms with Crippen LogP contribution in [0.2, 0.25) is 0 Å². The number of nitrogens with one attached hydrogen (secondary N) is 3. The Morgan fingerprint density at radius 3 is 2.29 bits per heavy atom. The van der Waals surface area contributed by atoms with E-state index in [1.165, 1.54) is 48.4 Å². The van der Waals surface area contributed by atoms with E-state index < -0.39 is 0 Å². The summed E-state index contributed by atoms with van der Waals surface area (Å²) in [5.41, 5.74) is 1.23. The van der Waals surface area contributed by atoms with E-state index in [4.69, 9.17) is 4.98 Å². The monoisotopic (exact) mass is 418 g/mol. The molecule has 3 N–H and O–H groups in total. The quantitative estimate of drug-likeness (QED) is 0.407. The Morgan fingerprint density at radius 1 is 0.839 bits per heavy atom. The first-order valence-electron chi connectivity index (χ1n) is 11.7. The van der Waals surface area contributed by atoms with Gasteiger partial charge in [-0.25, -0.2) is 0 Å². The van der Waals surface area contributed by atoms with Crippen LogP contribution in [-0.4, -0.2) is 27.0 Å². The lowest BCUT2D eigenvalue weighted by atomic mass is 9.96. The zero-order valence-electron chi connectivity index (χ0n) is 18.9. The van der Waals surface area contributed by atoms with Crippen LogP contribution in [0.4, 0.5) is 17.8 Å². The molecular weight excluding hydrogens is 384 g/mol. The molecule has 1 heterocycles. The Labute approximate surface area is 185 Å². The second kappa shape index (κ2) is 9.94. The van der Waals surface area contributed by atoms with Crippen molar-refractivity contribution in [2.75, 3.05) is 16.0 Å². The molecule has 0 radical (unpaired) electrons. The fraction of sp³-hybridized carbons (Fsp3) is 0.480. The predicted octanol–water partition coefficient (Wildman–Crippen LogP) is 6.15. The number of fused-ring (bicyclic) bond motifs is 1. The van der Waals surface area contributed by atoms with E-state index in [1.807, 2.05) is 0 Å². The third-order valence-corrected chi connectivity index (χ3v) is 6.20. The van der Waals surface area contributed by atoms with E-state index in [0.717, 1.165) is 6.42 Å². The van der Waals surface area contributed by atoms with Crippen molar-refractivity contribution in [1.29, 1.82) is 0 Å². The lowest BCUT2D eigenvalue weighted by molar-refractivity contribution is 0.461. The van der Waals surface area contributed by atoms with Crippen LogP contribution >= 0.6 is 0 Å². The molecular formula is C25H34N6. The molecule has 0 saturated heterocycles. The zero-order valence-corrected chi connectivity index (χ0v) is 18.9. The van der Waals surface area contributed by atoms with Gasteiger partial charge < -0.3 is 16.0 Å². The molecule has 2 atom stereocenters. The second-order valence-electron chi connectivity index (χ2n) is 8.67. The highest BCUT2D eigenvalue weighted by Crippen LogP contribution is 2.27. The molecule has 1 fully saturated rings. The summed E-state index contributed by atoms with van der Waals surface area (Å²) in [7, 11) is 0. The van der Waals surface area contributed by atoms with Crippen LogP contribution in [-0.2, 0) is 0 Å². The molecule has 0 amide bonds. The molecule has 164 valence electrons. The fourth-order valence-electron chi connectivity index (χ4n) is 4.22. The molecule has 3 aromatic rings. The molecule has 0 aliphatic heterocycles. The molecule has 1 aliphatic rings. The number of rotatable bonds is 8. The van der Waals surface area contributed by atoms with Gasteiger partial charge >= 0.3 is 0 Å². The van der Waals surface area contributed by atoms with Gasteiger partial charge in [-0.1, -0.05) is 68.7 Å². The van der Waals surface area contributed by atoms with Crippen LogP contribution in [0, 0.1) is 0 Å². The largest absolute Gasteiger partial charge is 0.352 e. The summed E-state index contributed by atoms with van der Waals surface area (Å²) in [4.78, 5) is 14.1. The molecule has 6 heteroatoms. The molecule has 4 rings (SSSR count). The molecule has 1 aromatic heterocycles. The third kappa shape index (κ3) is 5.43. The Kier molecular flexibility index (Phi) is 6.85. The van der Waals surface area contributed by atoms with Crippen molar-refractivity contribution < 1.29 is 0 Å². The van der Waals surface area contributed by atoms with Crippen molar-refractivity contribution in [2.24, 2.45) is 0 Å². The number of benzene rings is 2. The van der Waals surface area contributed by atoms with Crippen molar-refractivity contribution >= 4 is 28.6 Å². The normalized spacial score (nSPS) is 16.6. The van der Waals surface area contributed by atoms with Gasteiger partial charge in [0, 0.05) is 12.1 Å². The Bertz CT molecular complexity index is 993. The Morgan fingerprint density at radius 2 is 1.52 bits per heavy atom. The van der Waals surface area contributed by atoms with Crippen molar-refractivity contribution in [3.63, 3.8) is 0 Å². The zero-order chi connectivity index (χ0) is 21.6. The van der Waals surface area contributed by atoms with Crippen molar-refractivity contribution in [2.45, 2.75) is 77.4 Å². The summed E-state index contributed by atoms with van der Waals surface area (Å²) in [6, 6.07) is 15.7. The highest BCUT2D eigenvalue weighted by atomic mass is 15.3. The highest BCUT2D eigenvalue weighted by Gasteiger charge is 2.17. The summed E-state index contributed by atoms with van der Waals surface area (Å²) in [6.45, 7) is 6.45. The number of anilines is 3. The maximum Gasteiger partial charge on any atom is 0.229 e. The molecule has 31 heavy (non-hydrogen) atoms. The third-order valence-electron chi connectivity index (χ3n) is 6.20. The van der Waals surface area contributed by atoms with E-state index in [0.29, 0.717) is 29.9 Å². The average molecular weight is 419 g/mol. The molecule has 1 saturated carbocycles. The van der Waals surface area contributed by atoms with E-state index in [-0.39, 0.29) is 6.04 Å². The molecule has 6 nitrogen and oxygen atoms in total. The van der Waals surface area contributed by atoms with Crippen molar-refractivity contribution in [3.8, 4) is 0 Å². The van der Waals surface area contributed by atoms with Gasteiger partial charge in [-0.2, -0.15) is 15.0 Å². The van der Waals surface area contributed by atoms with E-state index in [9.17, 15) is 0 Å². The lowest BCUT2D eigenvalue weighted by Crippen LogP contribution is -2.25. The first kappa shape index (κ1) is 21.3. The molecule has 2 aromatic carbocycles. The van der Waals surface area contributed by atoms with Gasteiger partial charge in [0.1, 0.15) is 0 Å². The number of hydrogen-bond acceptors (Lipinski definition) is 6. The molecule has 0 bridgehead atoms.